The van der Waals surface area contributed by atoms with Crippen LogP contribution < -0.4 is 11.1 Å². The first kappa shape index (κ1) is 16.2. The predicted molar refractivity (Wildman–Crippen MR) is 77.1 cm³/mol. The van der Waals surface area contributed by atoms with Crippen molar-refractivity contribution in [3.8, 4) is 0 Å². The van der Waals surface area contributed by atoms with E-state index in [1.807, 2.05) is 30.3 Å². The molecule has 1 aromatic carbocycles. The second-order valence-electron chi connectivity index (χ2n) is 4.65. The number of hydrogen-bond acceptors (Lipinski definition) is 4. The van der Waals surface area contributed by atoms with Crippen LogP contribution in [0.3, 0.4) is 0 Å². The molecule has 3 N–H and O–H groups in total. The molecule has 0 fully saturated rings. The molecule has 0 heterocycles. The third kappa shape index (κ3) is 6.33. The van der Waals surface area contributed by atoms with Crippen LogP contribution in [0.15, 0.2) is 30.3 Å². The van der Waals surface area contributed by atoms with Gasteiger partial charge in [-0.05, 0) is 38.3 Å². The Bertz CT molecular complexity index is 420. The molecule has 5 nitrogen and oxygen atoms in total. The van der Waals surface area contributed by atoms with Gasteiger partial charge in [-0.25, -0.2) is 4.79 Å². The van der Waals surface area contributed by atoms with Gasteiger partial charge in [-0.3, -0.25) is 4.79 Å². The minimum atomic E-state index is -0.568. The van der Waals surface area contributed by atoms with E-state index in [9.17, 15) is 9.59 Å². The van der Waals surface area contributed by atoms with E-state index in [1.165, 1.54) is 6.92 Å². The van der Waals surface area contributed by atoms with Crippen molar-refractivity contribution in [2.75, 3.05) is 6.54 Å². The summed E-state index contributed by atoms with van der Waals surface area (Å²) in [5.74, 6) is -0.0707. The number of hydrogen-bond donors (Lipinski definition) is 2. The van der Waals surface area contributed by atoms with Gasteiger partial charge in [-0.15, -0.1) is 0 Å². The van der Waals surface area contributed by atoms with Crippen LogP contribution >= 0.6 is 0 Å². The molecular weight excluding hydrogens is 256 g/mol. The number of unbranched alkanes of at least 4 members (excludes halogenated alkanes) is 1. The molecule has 1 rings (SSSR count). The minimum absolute atomic E-state index is 0.0707. The van der Waals surface area contributed by atoms with Gasteiger partial charge in [0.25, 0.3) is 0 Å². The Hall–Kier alpha value is -1.88. The van der Waals surface area contributed by atoms with Crippen molar-refractivity contribution < 1.29 is 14.3 Å². The minimum Gasteiger partial charge on any atom is -0.445 e. The van der Waals surface area contributed by atoms with Crippen molar-refractivity contribution in [3.63, 3.8) is 0 Å². The maximum atomic E-state index is 11.7. The van der Waals surface area contributed by atoms with Crippen LogP contribution in [-0.2, 0) is 16.1 Å². The van der Waals surface area contributed by atoms with Gasteiger partial charge in [0, 0.05) is 0 Å². The van der Waals surface area contributed by atoms with E-state index in [4.69, 9.17) is 10.5 Å². The van der Waals surface area contributed by atoms with Crippen LogP contribution in [-0.4, -0.2) is 24.5 Å². The number of carbonyl (C=O) groups excluding carboxylic acids is 2. The van der Waals surface area contributed by atoms with Gasteiger partial charge in [0.1, 0.15) is 6.61 Å². The summed E-state index contributed by atoms with van der Waals surface area (Å²) in [7, 11) is 0. The number of carbonyl (C=O) groups is 2. The largest absolute Gasteiger partial charge is 0.445 e. The topological polar surface area (TPSA) is 81.4 Å². The van der Waals surface area contributed by atoms with E-state index < -0.39 is 12.1 Å². The smallest absolute Gasteiger partial charge is 0.408 e. The zero-order valence-electron chi connectivity index (χ0n) is 11.8. The lowest BCUT2D eigenvalue weighted by Gasteiger charge is -2.15. The SMILES string of the molecule is CC(=O)C(CCCCN)NC(=O)OCc1ccccc1. The number of Topliss-reactive ketones (excluding diaryl/α,β-unsaturated/α-hetero) is 1. The van der Waals surface area contributed by atoms with E-state index in [0.29, 0.717) is 13.0 Å². The highest BCUT2D eigenvalue weighted by Crippen LogP contribution is 2.04. The van der Waals surface area contributed by atoms with Crippen LogP contribution in [0.2, 0.25) is 0 Å². The summed E-state index contributed by atoms with van der Waals surface area (Å²) < 4.78 is 5.09. The van der Waals surface area contributed by atoms with Crippen molar-refractivity contribution in [1.29, 1.82) is 0 Å². The Balaban J connectivity index is 2.36. The number of nitrogens with two attached hydrogens (primary N) is 1. The Morgan fingerprint density at radius 2 is 1.95 bits per heavy atom. The standard InChI is InChI=1S/C15H22N2O3/c1-12(18)14(9-5-6-10-16)17-15(19)20-11-13-7-3-2-4-8-13/h2-4,7-8,14H,5-6,9-11,16H2,1H3,(H,17,19). The molecule has 0 spiro atoms. The summed E-state index contributed by atoms with van der Waals surface area (Å²) in [5, 5.41) is 2.59. The lowest BCUT2D eigenvalue weighted by atomic mass is 10.1. The van der Waals surface area contributed by atoms with Gasteiger partial charge in [0.2, 0.25) is 0 Å². The Morgan fingerprint density at radius 3 is 2.55 bits per heavy atom. The van der Waals surface area contributed by atoms with Gasteiger partial charge < -0.3 is 15.8 Å². The molecular formula is C15H22N2O3. The first-order chi connectivity index (χ1) is 9.63. The molecule has 1 atom stereocenters. The average Bonchev–Trinajstić information content (AvgIpc) is 2.45. The molecule has 0 saturated carbocycles. The molecule has 1 aromatic rings. The van der Waals surface area contributed by atoms with Crippen LogP contribution in [0.25, 0.3) is 0 Å². The van der Waals surface area contributed by atoms with E-state index in [0.717, 1.165) is 18.4 Å². The highest BCUT2D eigenvalue weighted by molar-refractivity contribution is 5.85. The Morgan fingerprint density at radius 1 is 1.25 bits per heavy atom. The molecule has 1 unspecified atom stereocenters. The van der Waals surface area contributed by atoms with Gasteiger partial charge in [0.05, 0.1) is 6.04 Å². The van der Waals surface area contributed by atoms with Crippen LogP contribution in [0, 0.1) is 0 Å². The molecule has 110 valence electrons. The van der Waals surface area contributed by atoms with E-state index in [-0.39, 0.29) is 12.4 Å². The normalized spacial score (nSPS) is 11.7. The summed E-state index contributed by atoms with van der Waals surface area (Å²) in [6, 6.07) is 8.90. The van der Waals surface area contributed by atoms with Crippen LogP contribution in [0.4, 0.5) is 4.79 Å². The zero-order chi connectivity index (χ0) is 14.8. The van der Waals surface area contributed by atoms with Gasteiger partial charge in [0.15, 0.2) is 5.78 Å². The number of benzene rings is 1. The lowest BCUT2D eigenvalue weighted by Crippen LogP contribution is -2.40. The molecule has 0 aliphatic carbocycles. The van der Waals surface area contributed by atoms with Gasteiger partial charge in [-0.1, -0.05) is 30.3 Å². The number of ether oxygens (including phenoxy) is 1. The molecule has 20 heavy (non-hydrogen) atoms. The molecule has 5 heteroatoms. The number of rotatable bonds is 8. The molecule has 0 bridgehead atoms. The predicted octanol–water partition coefficient (Wildman–Crippen LogP) is 2.00. The van der Waals surface area contributed by atoms with Crippen molar-refractivity contribution in [1.82, 2.24) is 5.32 Å². The van der Waals surface area contributed by atoms with Crippen molar-refractivity contribution >= 4 is 11.9 Å². The second-order valence-corrected chi connectivity index (χ2v) is 4.65. The number of nitrogens with one attached hydrogen (secondary N) is 1. The fraction of sp³-hybridized carbons (Fsp3) is 0.467. The van der Waals surface area contributed by atoms with Crippen LogP contribution in [0.1, 0.15) is 31.7 Å². The highest BCUT2D eigenvalue weighted by atomic mass is 16.5. The number of alkyl carbamates (subject to hydrolysis) is 1. The quantitative estimate of drug-likeness (QED) is 0.713. The second kappa shape index (κ2) is 9.09. The summed E-state index contributed by atoms with van der Waals surface area (Å²) in [6.45, 7) is 2.24. The van der Waals surface area contributed by atoms with Crippen molar-refractivity contribution in [2.45, 2.75) is 38.8 Å². The Kier molecular flexibility index (Phi) is 7.35. The van der Waals surface area contributed by atoms with Crippen molar-refractivity contribution in [2.24, 2.45) is 5.73 Å². The third-order valence-electron chi connectivity index (χ3n) is 2.94. The fourth-order valence-corrected chi connectivity index (χ4v) is 1.78. The number of amides is 1. The van der Waals surface area contributed by atoms with E-state index in [2.05, 4.69) is 5.32 Å². The molecule has 0 aliphatic heterocycles. The monoisotopic (exact) mass is 278 g/mol. The summed E-state index contributed by atoms with van der Waals surface area (Å²) in [5.41, 5.74) is 6.31. The van der Waals surface area contributed by atoms with Gasteiger partial charge in [-0.2, -0.15) is 0 Å². The summed E-state index contributed by atoms with van der Waals surface area (Å²) >= 11 is 0. The average molecular weight is 278 g/mol. The van der Waals surface area contributed by atoms with E-state index >= 15 is 0 Å². The third-order valence-corrected chi connectivity index (χ3v) is 2.94. The molecule has 0 aromatic heterocycles. The summed E-state index contributed by atoms with van der Waals surface area (Å²) in [6.07, 6.45) is 1.67. The molecule has 0 aliphatic rings. The highest BCUT2D eigenvalue weighted by Gasteiger charge is 2.17. The molecule has 1 amide bonds. The molecule has 0 saturated heterocycles. The van der Waals surface area contributed by atoms with Crippen molar-refractivity contribution in [3.05, 3.63) is 35.9 Å². The van der Waals surface area contributed by atoms with E-state index in [1.54, 1.807) is 0 Å². The maximum Gasteiger partial charge on any atom is 0.408 e. The number of ketones is 1. The zero-order valence-corrected chi connectivity index (χ0v) is 11.8. The first-order valence-electron chi connectivity index (χ1n) is 6.81. The van der Waals surface area contributed by atoms with Gasteiger partial charge >= 0.3 is 6.09 Å². The lowest BCUT2D eigenvalue weighted by molar-refractivity contribution is -0.119. The molecule has 0 radical (unpaired) electrons. The fourth-order valence-electron chi connectivity index (χ4n) is 1.78. The Labute approximate surface area is 119 Å². The maximum absolute atomic E-state index is 11.7. The van der Waals surface area contributed by atoms with Crippen LogP contribution in [0.5, 0.6) is 0 Å². The first-order valence-corrected chi connectivity index (χ1v) is 6.81. The summed E-state index contributed by atoms with van der Waals surface area (Å²) in [4.78, 5) is 23.1.